The van der Waals surface area contributed by atoms with Crippen molar-refractivity contribution in [1.29, 1.82) is 0 Å². The van der Waals surface area contributed by atoms with Crippen LogP contribution in [0, 0.1) is 5.82 Å². The molecule has 1 fully saturated rings. The van der Waals surface area contributed by atoms with Crippen LogP contribution in [0.3, 0.4) is 0 Å². The highest BCUT2D eigenvalue weighted by molar-refractivity contribution is 6.04. The van der Waals surface area contributed by atoms with Gasteiger partial charge in [-0.1, -0.05) is 12.1 Å². The summed E-state index contributed by atoms with van der Waals surface area (Å²) in [7, 11) is 7.55. The van der Waals surface area contributed by atoms with E-state index in [-0.39, 0.29) is 23.7 Å². The van der Waals surface area contributed by atoms with E-state index in [1.165, 1.54) is 6.07 Å². The molecule has 0 N–H and O–H groups in total. The first kappa shape index (κ1) is 24.5. The molecule has 0 bridgehead atoms. The summed E-state index contributed by atoms with van der Waals surface area (Å²) >= 11 is 0. The van der Waals surface area contributed by atoms with Crippen LogP contribution in [0.25, 0.3) is 33.1 Å². The minimum absolute atomic E-state index is 0.0363. The molecule has 0 spiro atoms. The largest absolute Gasteiger partial charge is 0.494 e. The SMILES string of the molecule is CO[C@H]1CC[C@H](n2c(=O)n(C)c3cnc4cc(F)c(-c5ccc(OCCCN(C)C)cc5)cc4c32)C1. The predicted molar refractivity (Wildman–Crippen MR) is 140 cm³/mol. The molecular weight excluding hydrogens is 459 g/mol. The van der Waals surface area contributed by atoms with Crippen molar-refractivity contribution in [2.75, 3.05) is 34.4 Å². The number of pyridine rings is 1. The molecule has 2 aromatic heterocycles. The number of imidazole rings is 1. The summed E-state index contributed by atoms with van der Waals surface area (Å²) in [6.45, 7) is 1.59. The zero-order chi connectivity index (χ0) is 25.4. The number of hydrogen-bond donors (Lipinski definition) is 0. The Morgan fingerprint density at radius 2 is 1.94 bits per heavy atom. The van der Waals surface area contributed by atoms with E-state index in [9.17, 15) is 4.79 Å². The Morgan fingerprint density at radius 1 is 1.17 bits per heavy atom. The van der Waals surface area contributed by atoms with Crippen molar-refractivity contribution in [3.05, 3.63) is 58.9 Å². The summed E-state index contributed by atoms with van der Waals surface area (Å²) in [6, 6.07) is 10.8. The lowest BCUT2D eigenvalue weighted by Crippen LogP contribution is -2.25. The summed E-state index contributed by atoms with van der Waals surface area (Å²) in [5.74, 6) is 0.410. The van der Waals surface area contributed by atoms with Crippen LogP contribution in [-0.2, 0) is 11.8 Å². The van der Waals surface area contributed by atoms with Crippen LogP contribution in [0.5, 0.6) is 5.75 Å². The van der Waals surface area contributed by atoms with Gasteiger partial charge in [-0.15, -0.1) is 0 Å². The molecule has 4 aromatic rings. The van der Waals surface area contributed by atoms with Crippen LogP contribution in [0.2, 0.25) is 0 Å². The van der Waals surface area contributed by atoms with Crippen molar-refractivity contribution < 1.29 is 13.9 Å². The van der Waals surface area contributed by atoms with Gasteiger partial charge in [-0.05, 0) is 63.5 Å². The first-order chi connectivity index (χ1) is 17.4. The number of benzene rings is 2. The Kier molecular flexibility index (Phi) is 6.81. The number of nitrogens with zero attached hydrogens (tertiary/aromatic N) is 4. The summed E-state index contributed by atoms with van der Waals surface area (Å²) in [4.78, 5) is 19.9. The first-order valence-electron chi connectivity index (χ1n) is 12.5. The van der Waals surface area contributed by atoms with E-state index >= 15 is 4.39 Å². The molecule has 1 saturated carbocycles. The molecule has 1 aliphatic carbocycles. The van der Waals surface area contributed by atoms with Gasteiger partial charge in [-0.25, -0.2) is 9.18 Å². The average Bonchev–Trinajstić information content (AvgIpc) is 3.44. The standard InChI is InChI=1S/C28H33FN4O3/c1-31(2)12-5-13-36-20-9-6-18(7-10-20)22-15-23-25(16-24(22)29)30-17-26-27(23)33(28(34)32(26)3)19-8-11-21(14-19)35-4/h6-7,9-10,15-17,19,21H,5,8,11-14H2,1-4H3/t19-,21-/m0/s1. The van der Waals surface area contributed by atoms with E-state index < -0.39 is 0 Å². The zero-order valence-corrected chi connectivity index (χ0v) is 21.3. The monoisotopic (exact) mass is 492 g/mol. The van der Waals surface area contributed by atoms with Gasteiger partial charge in [0, 0.05) is 43.8 Å². The number of methoxy groups -OCH3 is 1. The Bertz CT molecular complexity index is 1440. The third-order valence-corrected chi connectivity index (χ3v) is 7.24. The highest BCUT2D eigenvalue weighted by Crippen LogP contribution is 2.36. The zero-order valence-electron chi connectivity index (χ0n) is 21.3. The molecule has 2 aromatic carbocycles. The summed E-state index contributed by atoms with van der Waals surface area (Å²) in [5.41, 5.74) is 3.22. The normalized spacial score (nSPS) is 18.1. The maximum absolute atomic E-state index is 15.2. The predicted octanol–water partition coefficient (Wildman–Crippen LogP) is 4.76. The van der Waals surface area contributed by atoms with Gasteiger partial charge < -0.3 is 14.4 Å². The number of hydrogen-bond acceptors (Lipinski definition) is 5. The molecule has 0 unspecified atom stereocenters. The second-order valence-corrected chi connectivity index (χ2v) is 9.91. The maximum Gasteiger partial charge on any atom is 0.329 e. The van der Waals surface area contributed by atoms with E-state index in [2.05, 4.69) is 9.88 Å². The second-order valence-electron chi connectivity index (χ2n) is 9.91. The van der Waals surface area contributed by atoms with Gasteiger partial charge in [0.25, 0.3) is 0 Å². The van der Waals surface area contributed by atoms with Gasteiger partial charge in [0.1, 0.15) is 11.6 Å². The molecule has 5 rings (SSSR count). The highest BCUT2D eigenvalue weighted by Gasteiger charge is 2.30. The quantitative estimate of drug-likeness (QED) is 0.332. The minimum Gasteiger partial charge on any atom is -0.494 e. The first-order valence-corrected chi connectivity index (χ1v) is 12.5. The van der Waals surface area contributed by atoms with E-state index in [1.807, 2.05) is 49.0 Å². The van der Waals surface area contributed by atoms with Crippen molar-refractivity contribution in [1.82, 2.24) is 19.0 Å². The highest BCUT2D eigenvalue weighted by atomic mass is 19.1. The van der Waals surface area contributed by atoms with Crippen LogP contribution in [0.4, 0.5) is 4.39 Å². The van der Waals surface area contributed by atoms with E-state index in [4.69, 9.17) is 9.47 Å². The lowest BCUT2D eigenvalue weighted by Gasteiger charge is -2.14. The topological polar surface area (TPSA) is 61.5 Å². The number of fused-ring (bicyclic) bond motifs is 3. The third kappa shape index (κ3) is 4.51. The van der Waals surface area contributed by atoms with Crippen LogP contribution in [0.1, 0.15) is 31.7 Å². The molecule has 190 valence electrons. The molecule has 0 saturated heterocycles. The molecule has 0 amide bonds. The number of aromatic nitrogens is 3. The second kappa shape index (κ2) is 10.0. The number of ether oxygens (including phenoxy) is 2. The molecule has 0 radical (unpaired) electrons. The molecule has 36 heavy (non-hydrogen) atoms. The lowest BCUT2D eigenvalue weighted by atomic mass is 10.0. The fourth-order valence-corrected chi connectivity index (χ4v) is 5.28. The van der Waals surface area contributed by atoms with Crippen molar-refractivity contribution in [2.45, 2.75) is 37.8 Å². The molecule has 7 nitrogen and oxygen atoms in total. The number of rotatable bonds is 8. The Morgan fingerprint density at radius 3 is 2.64 bits per heavy atom. The van der Waals surface area contributed by atoms with E-state index in [1.54, 1.807) is 24.9 Å². The van der Waals surface area contributed by atoms with Gasteiger partial charge in [0.05, 0.1) is 35.5 Å². The van der Waals surface area contributed by atoms with E-state index in [0.29, 0.717) is 17.7 Å². The van der Waals surface area contributed by atoms with Crippen LogP contribution < -0.4 is 10.4 Å². The molecule has 1 aliphatic rings. The summed E-state index contributed by atoms with van der Waals surface area (Å²) < 4.78 is 30.1. The van der Waals surface area contributed by atoms with Gasteiger partial charge >= 0.3 is 5.69 Å². The molecule has 8 heteroatoms. The molecule has 2 atom stereocenters. The summed E-state index contributed by atoms with van der Waals surface area (Å²) in [5, 5.41) is 0.770. The molecular formula is C28H33FN4O3. The van der Waals surface area contributed by atoms with Crippen LogP contribution in [-0.4, -0.2) is 59.5 Å². The summed E-state index contributed by atoms with van der Waals surface area (Å²) in [6.07, 6.45) is 5.30. The third-order valence-electron chi connectivity index (χ3n) is 7.24. The molecule has 2 heterocycles. The fraction of sp³-hybridized carbons (Fsp3) is 0.429. The maximum atomic E-state index is 15.2. The van der Waals surface area contributed by atoms with Crippen molar-refractivity contribution in [3.63, 3.8) is 0 Å². The fourth-order valence-electron chi connectivity index (χ4n) is 5.28. The van der Waals surface area contributed by atoms with Crippen molar-refractivity contribution in [3.8, 4) is 16.9 Å². The average molecular weight is 493 g/mol. The lowest BCUT2D eigenvalue weighted by molar-refractivity contribution is 0.106. The number of halogens is 1. The van der Waals surface area contributed by atoms with Gasteiger partial charge in [0.15, 0.2) is 0 Å². The van der Waals surface area contributed by atoms with E-state index in [0.717, 1.165) is 60.0 Å². The number of aryl methyl sites for hydroxylation is 1. The Hall–Kier alpha value is -3.23. The molecule has 0 aliphatic heterocycles. The van der Waals surface area contributed by atoms with Crippen molar-refractivity contribution in [2.24, 2.45) is 7.05 Å². The van der Waals surface area contributed by atoms with Crippen LogP contribution in [0.15, 0.2) is 47.4 Å². The van der Waals surface area contributed by atoms with Gasteiger partial charge in [-0.3, -0.25) is 14.1 Å². The minimum atomic E-state index is -0.348. The smallest absolute Gasteiger partial charge is 0.329 e. The van der Waals surface area contributed by atoms with Gasteiger partial charge in [0.2, 0.25) is 0 Å². The van der Waals surface area contributed by atoms with Crippen molar-refractivity contribution >= 4 is 21.9 Å². The Labute approximate surface area is 210 Å². The van der Waals surface area contributed by atoms with Gasteiger partial charge in [-0.2, -0.15) is 0 Å². The Balaban J connectivity index is 1.54. The van der Waals surface area contributed by atoms with Crippen LogP contribution >= 0.6 is 0 Å².